The van der Waals surface area contributed by atoms with E-state index in [1.807, 2.05) is 31.2 Å². The molecule has 7 nitrogen and oxygen atoms in total. The van der Waals surface area contributed by atoms with Gasteiger partial charge in [0, 0.05) is 12.0 Å². The Kier molecular flexibility index (Phi) is 5.85. The predicted octanol–water partition coefficient (Wildman–Crippen LogP) is 3.46. The molecule has 1 atom stereocenters. The Bertz CT molecular complexity index is 1260. The standard InChI is InChI=1S/C21H18ClN3O4S2/c1-13-2-3-14-8-9-23-21(16(14)10-13)17-11-15(27)4-5-18(17)25(12-26)24-31(28,29)20-7-6-19(22)30-20/h2-3,5-12,21,23-24H,4H2,1H3. The molecule has 0 saturated carbocycles. The summed E-state index contributed by atoms with van der Waals surface area (Å²) in [4.78, 5) is 26.4. The van der Waals surface area contributed by atoms with Crippen LogP contribution in [0.15, 0.2) is 64.2 Å². The number of carbonyl (C=O) groups is 2. The topological polar surface area (TPSA) is 95.6 Å². The van der Waals surface area contributed by atoms with Gasteiger partial charge in [0.15, 0.2) is 5.78 Å². The molecule has 0 saturated heterocycles. The number of hydrogen-bond donors (Lipinski definition) is 2. The van der Waals surface area contributed by atoms with Gasteiger partial charge in [0.25, 0.3) is 10.0 Å². The monoisotopic (exact) mass is 475 g/mol. The number of benzene rings is 1. The highest BCUT2D eigenvalue weighted by molar-refractivity contribution is 7.91. The van der Waals surface area contributed by atoms with Crippen molar-refractivity contribution in [2.45, 2.75) is 23.6 Å². The zero-order valence-electron chi connectivity index (χ0n) is 16.3. The number of allylic oxidation sites excluding steroid dienone is 2. The highest BCUT2D eigenvalue weighted by Gasteiger charge is 2.31. The van der Waals surface area contributed by atoms with E-state index in [-0.39, 0.29) is 16.4 Å². The molecule has 1 aromatic carbocycles. The minimum Gasteiger partial charge on any atom is -0.380 e. The molecule has 2 aromatic rings. The Morgan fingerprint density at radius 3 is 2.81 bits per heavy atom. The molecular formula is C21H18ClN3O4S2. The van der Waals surface area contributed by atoms with Crippen molar-refractivity contribution >= 4 is 51.2 Å². The number of fused-ring (bicyclic) bond motifs is 1. The van der Waals surface area contributed by atoms with E-state index in [9.17, 15) is 18.0 Å². The number of carbonyl (C=O) groups excluding carboxylic acids is 2. The van der Waals surface area contributed by atoms with Gasteiger partial charge in [0.2, 0.25) is 6.41 Å². The molecular weight excluding hydrogens is 458 g/mol. The highest BCUT2D eigenvalue weighted by atomic mass is 35.5. The fourth-order valence-corrected chi connectivity index (χ4v) is 5.98. The normalized spacial score (nSPS) is 18.0. The second kappa shape index (κ2) is 8.43. The van der Waals surface area contributed by atoms with Crippen molar-refractivity contribution in [3.05, 3.63) is 81.0 Å². The van der Waals surface area contributed by atoms with Gasteiger partial charge in [0.05, 0.1) is 16.1 Å². The summed E-state index contributed by atoms with van der Waals surface area (Å²) in [6.45, 7) is 1.96. The summed E-state index contributed by atoms with van der Waals surface area (Å²) in [5.74, 6) is -0.136. The number of aryl methyl sites for hydroxylation is 1. The van der Waals surface area contributed by atoms with Crippen LogP contribution in [0.3, 0.4) is 0 Å². The van der Waals surface area contributed by atoms with Crippen LogP contribution in [0, 0.1) is 6.92 Å². The van der Waals surface area contributed by atoms with E-state index >= 15 is 0 Å². The van der Waals surface area contributed by atoms with Crippen molar-refractivity contribution in [2.75, 3.05) is 0 Å². The maximum Gasteiger partial charge on any atom is 0.267 e. The summed E-state index contributed by atoms with van der Waals surface area (Å²) >= 11 is 6.74. The minimum absolute atomic E-state index is 0.0259. The minimum atomic E-state index is -4.04. The van der Waals surface area contributed by atoms with Gasteiger partial charge in [-0.3, -0.25) is 9.59 Å². The lowest BCUT2D eigenvalue weighted by Crippen LogP contribution is -2.42. The van der Waals surface area contributed by atoms with E-state index in [1.165, 1.54) is 18.2 Å². The number of nitrogens with zero attached hydrogens (tertiary/aromatic N) is 1. The molecule has 1 aliphatic heterocycles. The predicted molar refractivity (Wildman–Crippen MR) is 119 cm³/mol. The second-order valence-electron chi connectivity index (χ2n) is 7.05. The number of nitrogens with one attached hydrogen (secondary N) is 2. The first-order chi connectivity index (χ1) is 14.8. The van der Waals surface area contributed by atoms with Gasteiger partial charge in [-0.05, 0) is 48.5 Å². The van der Waals surface area contributed by atoms with Crippen LogP contribution in [-0.4, -0.2) is 25.6 Å². The van der Waals surface area contributed by atoms with Crippen LogP contribution in [-0.2, 0) is 19.6 Å². The smallest absolute Gasteiger partial charge is 0.267 e. The third-order valence-corrected chi connectivity index (χ3v) is 7.93. The summed E-state index contributed by atoms with van der Waals surface area (Å²) < 4.78 is 25.8. The zero-order valence-corrected chi connectivity index (χ0v) is 18.7. The maximum atomic E-state index is 12.7. The fraction of sp³-hybridized carbons (Fsp3) is 0.143. The van der Waals surface area contributed by atoms with Gasteiger partial charge in [-0.25, -0.2) is 13.4 Å². The third-order valence-electron chi connectivity index (χ3n) is 4.90. The van der Waals surface area contributed by atoms with Crippen LogP contribution in [0.2, 0.25) is 4.34 Å². The first kappa shape index (κ1) is 21.5. The number of halogens is 1. The van der Waals surface area contributed by atoms with Crippen LogP contribution >= 0.6 is 22.9 Å². The molecule has 0 spiro atoms. The quantitative estimate of drug-likeness (QED) is 0.492. The van der Waals surface area contributed by atoms with Gasteiger partial charge in [0.1, 0.15) is 4.21 Å². The summed E-state index contributed by atoms with van der Waals surface area (Å²) in [6.07, 6.45) is 7.11. The van der Waals surface area contributed by atoms with Crippen LogP contribution in [0.5, 0.6) is 0 Å². The number of hydrazine groups is 1. The molecule has 2 heterocycles. The Balaban J connectivity index is 1.71. The zero-order chi connectivity index (χ0) is 22.2. The summed E-state index contributed by atoms with van der Waals surface area (Å²) in [5.41, 5.74) is 3.72. The number of sulfonamides is 1. The van der Waals surface area contributed by atoms with Crippen molar-refractivity contribution < 1.29 is 18.0 Å². The largest absolute Gasteiger partial charge is 0.380 e. The Morgan fingerprint density at radius 2 is 2.10 bits per heavy atom. The van der Waals surface area contributed by atoms with E-state index in [2.05, 4.69) is 10.1 Å². The van der Waals surface area contributed by atoms with Crippen LogP contribution < -0.4 is 10.1 Å². The first-order valence-electron chi connectivity index (χ1n) is 9.29. The number of hydrogen-bond acceptors (Lipinski definition) is 6. The molecule has 1 amide bonds. The molecule has 0 radical (unpaired) electrons. The molecule has 1 aromatic heterocycles. The molecule has 31 heavy (non-hydrogen) atoms. The molecule has 4 rings (SSSR count). The van der Waals surface area contributed by atoms with Crippen molar-refractivity contribution in [3.8, 4) is 0 Å². The van der Waals surface area contributed by atoms with Gasteiger partial charge in [-0.15, -0.1) is 16.2 Å². The number of amides is 1. The third kappa shape index (κ3) is 4.35. The van der Waals surface area contributed by atoms with E-state index < -0.39 is 16.1 Å². The van der Waals surface area contributed by atoms with Crippen LogP contribution in [0.1, 0.15) is 29.2 Å². The van der Waals surface area contributed by atoms with Gasteiger partial charge < -0.3 is 5.32 Å². The molecule has 10 heteroatoms. The van der Waals surface area contributed by atoms with Crippen molar-refractivity contribution in [1.29, 1.82) is 0 Å². The maximum absolute atomic E-state index is 12.7. The molecule has 0 fully saturated rings. The molecule has 1 unspecified atom stereocenters. The first-order valence-corrected chi connectivity index (χ1v) is 12.0. The molecule has 2 N–H and O–H groups in total. The van der Waals surface area contributed by atoms with E-state index in [1.54, 1.807) is 12.3 Å². The van der Waals surface area contributed by atoms with Crippen LogP contribution in [0.25, 0.3) is 6.08 Å². The van der Waals surface area contributed by atoms with Gasteiger partial charge in [-0.1, -0.05) is 41.4 Å². The number of thiophene rings is 1. The van der Waals surface area contributed by atoms with Crippen molar-refractivity contribution in [2.24, 2.45) is 0 Å². The lowest BCUT2D eigenvalue weighted by atomic mass is 9.86. The molecule has 160 valence electrons. The van der Waals surface area contributed by atoms with Crippen molar-refractivity contribution in [3.63, 3.8) is 0 Å². The highest BCUT2D eigenvalue weighted by Crippen LogP contribution is 2.36. The molecule has 1 aliphatic carbocycles. The van der Waals surface area contributed by atoms with Crippen LogP contribution in [0.4, 0.5) is 0 Å². The van der Waals surface area contributed by atoms with E-state index in [0.29, 0.717) is 22.0 Å². The summed E-state index contributed by atoms with van der Waals surface area (Å²) in [5, 5.41) is 4.11. The lowest BCUT2D eigenvalue weighted by Gasteiger charge is -2.32. The van der Waals surface area contributed by atoms with E-state index in [0.717, 1.165) is 33.0 Å². The van der Waals surface area contributed by atoms with Gasteiger partial charge in [-0.2, -0.15) is 0 Å². The Labute approximate surface area is 188 Å². The van der Waals surface area contributed by atoms with Crippen molar-refractivity contribution in [1.82, 2.24) is 15.2 Å². The molecule has 0 bridgehead atoms. The number of rotatable bonds is 6. The summed E-state index contributed by atoms with van der Waals surface area (Å²) in [7, 11) is -4.04. The number of ketones is 1. The Hall–Kier alpha value is -2.72. The SMILES string of the molecule is Cc1ccc2c(c1)C(C1=CC(=O)CC=C1N(C=O)NS(=O)(=O)c1ccc(Cl)s1)NC=C2. The molecule has 2 aliphatic rings. The Morgan fingerprint density at radius 1 is 1.29 bits per heavy atom. The summed E-state index contributed by atoms with van der Waals surface area (Å²) in [6, 6.07) is 8.36. The van der Waals surface area contributed by atoms with Gasteiger partial charge >= 0.3 is 0 Å². The average molecular weight is 476 g/mol. The lowest BCUT2D eigenvalue weighted by molar-refractivity contribution is -0.118. The fourth-order valence-electron chi connectivity index (χ4n) is 3.51. The second-order valence-corrected chi connectivity index (χ2v) is 10.7. The average Bonchev–Trinajstić information content (AvgIpc) is 3.19. The van der Waals surface area contributed by atoms with E-state index in [4.69, 9.17) is 11.6 Å².